The van der Waals surface area contributed by atoms with E-state index >= 15 is 0 Å². The van der Waals surface area contributed by atoms with Crippen molar-refractivity contribution < 1.29 is 9.90 Å². The third kappa shape index (κ3) is 2.37. The molecule has 1 aromatic rings. The molecular formula is C7H4I3NO2. The van der Waals surface area contributed by atoms with Gasteiger partial charge in [0.05, 0.1) is 14.8 Å². The van der Waals surface area contributed by atoms with Gasteiger partial charge in [0.1, 0.15) is 0 Å². The highest BCUT2D eigenvalue weighted by Gasteiger charge is 2.15. The van der Waals surface area contributed by atoms with Crippen LogP contribution in [0.15, 0.2) is 6.07 Å². The van der Waals surface area contributed by atoms with Crippen LogP contribution in [0.1, 0.15) is 10.4 Å². The number of rotatable bonds is 1. The smallest absolute Gasteiger partial charge is 0.337 e. The molecule has 0 saturated heterocycles. The van der Waals surface area contributed by atoms with Crippen molar-refractivity contribution in [1.82, 2.24) is 0 Å². The largest absolute Gasteiger partial charge is 0.478 e. The Hall–Kier alpha value is 0.680. The van der Waals surface area contributed by atoms with E-state index in [0.717, 1.165) is 10.7 Å². The van der Waals surface area contributed by atoms with Crippen molar-refractivity contribution in [3.63, 3.8) is 0 Å². The van der Waals surface area contributed by atoms with Crippen molar-refractivity contribution in [3.8, 4) is 0 Å². The van der Waals surface area contributed by atoms with E-state index in [1.165, 1.54) is 0 Å². The number of hydrogen-bond donors (Lipinski definition) is 2. The first-order valence-electron chi connectivity index (χ1n) is 3.11. The summed E-state index contributed by atoms with van der Waals surface area (Å²) in [6, 6.07) is 1.59. The van der Waals surface area contributed by atoms with Gasteiger partial charge in [-0.25, -0.2) is 4.79 Å². The number of nitrogens with two attached hydrogens (primary N) is 1. The third-order valence-corrected chi connectivity index (χ3v) is 6.59. The van der Waals surface area contributed by atoms with Crippen molar-refractivity contribution in [1.29, 1.82) is 0 Å². The standard InChI is InChI=1S/C7H4I3NO2/c8-3-1-2(7(12)13)6(11)5(10)4(3)9/h1H,11H2,(H,12,13). The maximum Gasteiger partial charge on any atom is 0.337 e. The van der Waals surface area contributed by atoms with Crippen LogP contribution in [0.2, 0.25) is 0 Å². The average molecular weight is 515 g/mol. The van der Waals surface area contributed by atoms with Gasteiger partial charge in [0, 0.05) is 7.14 Å². The van der Waals surface area contributed by atoms with Crippen molar-refractivity contribution >= 4 is 79.4 Å². The zero-order chi connectivity index (χ0) is 10.2. The van der Waals surface area contributed by atoms with E-state index < -0.39 is 5.97 Å². The number of carboxylic acids is 1. The topological polar surface area (TPSA) is 63.3 Å². The molecule has 0 radical (unpaired) electrons. The second kappa shape index (κ2) is 4.47. The quantitative estimate of drug-likeness (QED) is 0.344. The van der Waals surface area contributed by atoms with Crippen molar-refractivity contribution in [2.24, 2.45) is 0 Å². The minimum absolute atomic E-state index is 0.175. The number of benzene rings is 1. The normalized spacial score (nSPS) is 10.1. The van der Waals surface area contributed by atoms with Gasteiger partial charge in [-0.15, -0.1) is 0 Å². The van der Waals surface area contributed by atoms with Crippen LogP contribution in [-0.2, 0) is 0 Å². The molecule has 0 aliphatic rings. The van der Waals surface area contributed by atoms with Gasteiger partial charge in [-0.2, -0.15) is 0 Å². The summed E-state index contributed by atoms with van der Waals surface area (Å²) in [5.41, 5.74) is 6.18. The Balaban J connectivity index is 3.50. The summed E-state index contributed by atoms with van der Waals surface area (Å²) in [5.74, 6) is -0.982. The summed E-state index contributed by atoms with van der Waals surface area (Å²) in [5, 5.41) is 8.82. The number of hydrogen-bond acceptors (Lipinski definition) is 2. The molecule has 13 heavy (non-hydrogen) atoms. The predicted molar refractivity (Wildman–Crippen MR) is 76.0 cm³/mol. The number of carbonyl (C=O) groups is 1. The fraction of sp³-hybridized carbons (Fsp3) is 0. The van der Waals surface area contributed by atoms with Gasteiger partial charge in [-0.05, 0) is 73.8 Å². The third-order valence-electron chi connectivity index (χ3n) is 1.43. The first-order valence-corrected chi connectivity index (χ1v) is 6.35. The Morgan fingerprint density at radius 3 is 2.31 bits per heavy atom. The molecule has 0 saturated carbocycles. The monoisotopic (exact) mass is 515 g/mol. The van der Waals surface area contributed by atoms with Gasteiger partial charge in [-0.3, -0.25) is 0 Å². The lowest BCUT2D eigenvalue weighted by Crippen LogP contribution is -2.06. The molecule has 1 rings (SSSR count). The van der Waals surface area contributed by atoms with Gasteiger partial charge < -0.3 is 10.8 Å². The number of aromatic carboxylic acids is 1. The van der Waals surface area contributed by atoms with E-state index in [1.54, 1.807) is 6.07 Å². The molecule has 0 spiro atoms. The molecule has 0 amide bonds. The van der Waals surface area contributed by atoms with Crippen LogP contribution in [0.25, 0.3) is 0 Å². The molecule has 0 fully saturated rings. The zero-order valence-electron chi connectivity index (χ0n) is 6.14. The fourth-order valence-corrected chi connectivity index (χ4v) is 2.91. The van der Waals surface area contributed by atoms with Crippen LogP contribution in [-0.4, -0.2) is 11.1 Å². The number of anilines is 1. The molecule has 0 atom stereocenters. The van der Waals surface area contributed by atoms with E-state index in [9.17, 15) is 4.79 Å². The molecule has 0 unspecified atom stereocenters. The lowest BCUT2D eigenvalue weighted by atomic mass is 10.2. The molecular weight excluding hydrogens is 511 g/mol. The van der Waals surface area contributed by atoms with Gasteiger partial charge in [0.15, 0.2) is 0 Å². The van der Waals surface area contributed by atoms with Crippen molar-refractivity contribution in [2.45, 2.75) is 0 Å². The Morgan fingerprint density at radius 2 is 1.85 bits per heavy atom. The highest BCUT2D eigenvalue weighted by atomic mass is 127. The van der Waals surface area contributed by atoms with Crippen molar-refractivity contribution in [3.05, 3.63) is 22.3 Å². The summed E-state index contributed by atoms with van der Waals surface area (Å²) >= 11 is 6.29. The maximum atomic E-state index is 10.7. The maximum absolute atomic E-state index is 10.7. The average Bonchev–Trinajstić information content (AvgIpc) is 2.07. The van der Waals surface area contributed by atoms with Crippen LogP contribution in [0.5, 0.6) is 0 Å². The van der Waals surface area contributed by atoms with Crippen LogP contribution < -0.4 is 5.73 Å². The molecule has 0 bridgehead atoms. The van der Waals surface area contributed by atoms with E-state index in [-0.39, 0.29) is 5.56 Å². The fourth-order valence-electron chi connectivity index (χ4n) is 0.786. The van der Waals surface area contributed by atoms with Gasteiger partial charge in [-0.1, -0.05) is 0 Å². The van der Waals surface area contributed by atoms with Crippen molar-refractivity contribution in [2.75, 3.05) is 5.73 Å². The van der Waals surface area contributed by atoms with Crippen LogP contribution >= 0.6 is 67.8 Å². The van der Waals surface area contributed by atoms with Crippen LogP contribution in [0.4, 0.5) is 5.69 Å². The molecule has 0 aliphatic heterocycles. The number of nitrogen functional groups attached to an aromatic ring is 1. The van der Waals surface area contributed by atoms with Crippen LogP contribution in [0.3, 0.4) is 0 Å². The highest BCUT2D eigenvalue weighted by Crippen LogP contribution is 2.29. The van der Waals surface area contributed by atoms with Gasteiger partial charge in [0.2, 0.25) is 0 Å². The Bertz CT molecular complexity index is 378. The molecule has 3 nitrogen and oxygen atoms in total. The molecule has 0 heterocycles. The minimum atomic E-state index is -0.982. The van der Waals surface area contributed by atoms with E-state index in [0.29, 0.717) is 5.69 Å². The van der Waals surface area contributed by atoms with E-state index in [1.807, 2.05) is 0 Å². The summed E-state index contributed by atoms with van der Waals surface area (Å²) in [6.45, 7) is 0. The lowest BCUT2D eigenvalue weighted by molar-refractivity contribution is 0.0698. The van der Waals surface area contributed by atoms with Gasteiger partial charge in [0.25, 0.3) is 0 Å². The van der Waals surface area contributed by atoms with Gasteiger partial charge >= 0.3 is 5.97 Å². The highest BCUT2D eigenvalue weighted by molar-refractivity contribution is 14.1. The van der Waals surface area contributed by atoms with E-state index in [2.05, 4.69) is 67.8 Å². The summed E-state index contributed by atoms with van der Waals surface area (Å²) < 4.78 is 2.72. The van der Waals surface area contributed by atoms with Crippen LogP contribution in [0, 0.1) is 10.7 Å². The summed E-state index contributed by atoms with van der Waals surface area (Å²) in [7, 11) is 0. The second-order valence-electron chi connectivity index (χ2n) is 2.25. The Kier molecular flexibility index (Phi) is 4.04. The molecule has 70 valence electrons. The zero-order valence-corrected chi connectivity index (χ0v) is 12.6. The predicted octanol–water partition coefficient (Wildman–Crippen LogP) is 2.78. The lowest BCUT2D eigenvalue weighted by Gasteiger charge is -2.07. The number of carboxylic acid groups (broad SMARTS) is 1. The Labute approximate surface area is 116 Å². The summed E-state index contributed by atoms with van der Waals surface area (Å²) in [4.78, 5) is 10.7. The Morgan fingerprint density at radius 1 is 1.31 bits per heavy atom. The second-order valence-corrected chi connectivity index (χ2v) is 5.57. The molecule has 6 heteroatoms. The number of halogens is 3. The first kappa shape index (κ1) is 11.8. The van der Waals surface area contributed by atoms with E-state index in [4.69, 9.17) is 10.8 Å². The molecule has 3 N–H and O–H groups in total. The molecule has 1 aromatic carbocycles. The minimum Gasteiger partial charge on any atom is -0.478 e. The first-order chi connectivity index (χ1) is 5.95. The SMILES string of the molecule is Nc1c(C(=O)O)cc(I)c(I)c1I. The molecule has 0 aliphatic carbocycles. The summed E-state index contributed by atoms with van der Waals surface area (Å²) in [6.07, 6.45) is 0. The molecule has 0 aromatic heterocycles.